The van der Waals surface area contributed by atoms with Crippen molar-refractivity contribution in [2.45, 2.75) is 151 Å². The molecule has 4 saturated carbocycles. The maximum Gasteiger partial charge on any atom is 0.246 e. The summed E-state index contributed by atoms with van der Waals surface area (Å²) < 4.78 is 20.7. The highest BCUT2D eigenvalue weighted by Crippen LogP contribution is 2.72. The van der Waals surface area contributed by atoms with Crippen LogP contribution < -0.4 is 5.32 Å². The molecule has 0 radical (unpaired) electrons. The Labute approximate surface area is 278 Å². The molecule has 3 heterocycles. The molecule has 1 amide bonds. The molecule has 5 fully saturated rings. The van der Waals surface area contributed by atoms with E-state index in [1.807, 2.05) is 0 Å². The number of amides is 1. The van der Waals surface area contributed by atoms with Gasteiger partial charge in [0.1, 0.15) is 18.3 Å². The second kappa shape index (κ2) is 10.3. The molecule has 3 unspecified atom stereocenters. The fourth-order valence-corrected chi connectivity index (χ4v) is 11.5. The van der Waals surface area contributed by atoms with E-state index in [-0.39, 0.29) is 42.0 Å². The summed E-state index contributed by atoms with van der Waals surface area (Å²) in [5, 5.41) is 18.3. The number of carbonyl (C=O) groups excluding carboxylic acids is 1. The van der Waals surface area contributed by atoms with Crippen molar-refractivity contribution in [2.75, 3.05) is 6.61 Å². The molecule has 5 aliphatic carbocycles. The van der Waals surface area contributed by atoms with E-state index in [2.05, 4.69) is 68.3 Å². The minimum Gasteiger partial charge on any atom is -0.382 e. The number of hydrogen-bond acceptors (Lipinski definition) is 6. The molecule has 7 atom stereocenters. The highest BCUT2D eigenvalue weighted by molar-refractivity contribution is 6.02. The first-order chi connectivity index (χ1) is 22.5. The van der Waals surface area contributed by atoms with Crippen molar-refractivity contribution < 1.29 is 24.1 Å². The number of ether oxygens (including phenoxy) is 3. The number of rotatable bonds is 5. The number of nitrogens with one attached hydrogen (secondary N) is 2. The summed E-state index contributed by atoms with van der Waals surface area (Å²) in [7, 11) is 0. The molecule has 8 nitrogen and oxygen atoms in total. The zero-order valence-corrected chi connectivity index (χ0v) is 28.5. The summed E-state index contributed by atoms with van der Waals surface area (Å²) in [4.78, 5) is 22.4. The van der Waals surface area contributed by atoms with Crippen LogP contribution in [0.2, 0.25) is 0 Å². The minimum absolute atomic E-state index is 0.0731. The molecule has 252 valence electrons. The van der Waals surface area contributed by atoms with Gasteiger partial charge in [0, 0.05) is 45.5 Å². The SMILES string of the molecule is CC1(C)O[C@@]23CCC4(C)[C@@]5(C)c6[nH]c7ccccc7c6CC5C[C@H](OCC(=O)NC5CCCC5)[C@@]4(O)C2=CC(=NC2CCCC2)C1O3. The Morgan fingerprint density at radius 2 is 1.81 bits per heavy atom. The Hall–Kier alpha value is -2.52. The lowest BCUT2D eigenvalue weighted by atomic mass is 9.41. The van der Waals surface area contributed by atoms with Gasteiger partial charge in [0.25, 0.3) is 0 Å². The molecule has 2 aromatic rings. The average molecular weight is 642 g/mol. The van der Waals surface area contributed by atoms with Crippen LogP contribution in [0.1, 0.15) is 110 Å². The summed E-state index contributed by atoms with van der Waals surface area (Å²) in [5.74, 6) is -0.920. The summed E-state index contributed by atoms with van der Waals surface area (Å²) in [5.41, 5.74) is 2.26. The van der Waals surface area contributed by atoms with Crippen LogP contribution in [0, 0.1) is 11.3 Å². The van der Waals surface area contributed by atoms with E-state index in [1.165, 1.54) is 29.5 Å². The normalized spacial score (nSPS) is 41.5. The molecule has 2 aliphatic heterocycles. The predicted octanol–water partition coefficient (Wildman–Crippen LogP) is 6.19. The third-order valence-electron chi connectivity index (χ3n) is 14.0. The van der Waals surface area contributed by atoms with Gasteiger partial charge in [-0.05, 0) is 82.4 Å². The number of aromatic nitrogens is 1. The van der Waals surface area contributed by atoms with Crippen molar-refractivity contribution in [3.8, 4) is 0 Å². The first-order valence-electron chi connectivity index (χ1n) is 18.4. The number of aliphatic hydroxyl groups is 1. The minimum atomic E-state index is -1.47. The molecule has 9 rings (SSSR count). The summed E-state index contributed by atoms with van der Waals surface area (Å²) >= 11 is 0. The maximum absolute atomic E-state index is 13.8. The number of aromatic amines is 1. The summed E-state index contributed by atoms with van der Waals surface area (Å²) in [6.45, 7) is 8.75. The first-order valence-corrected chi connectivity index (χ1v) is 18.4. The maximum atomic E-state index is 13.8. The van der Waals surface area contributed by atoms with Crippen LogP contribution in [0.4, 0.5) is 0 Å². The number of para-hydroxylation sites is 1. The smallest absolute Gasteiger partial charge is 0.246 e. The number of carbonyl (C=O) groups is 1. The standard InChI is InChI=1S/C39H51N3O5/c1-35(2)34-29(40-24-11-5-6-12-24)21-30-38(46-34,47-35)18-17-36(3)37(4)23(19-27-26-15-9-10-16-28(26)42-33(27)37)20-31(39(30,36)44)45-22-32(43)41-25-13-7-8-14-25/h9-10,15-16,21,23-25,31,34,42,44H,5-8,11-14,17-20,22H2,1-4H3,(H,41,43)/t23?,31-,34?,36?,37+,38-,39-/m0/s1. The Morgan fingerprint density at radius 1 is 1.06 bits per heavy atom. The van der Waals surface area contributed by atoms with Gasteiger partial charge in [0.15, 0.2) is 5.79 Å². The first kappa shape index (κ1) is 30.5. The lowest BCUT2D eigenvalue weighted by Crippen LogP contribution is -2.75. The van der Waals surface area contributed by atoms with E-state index in [1.54, 1.807) is 0 Å². The van der Waals surface area contributed by atoms with Gasteiger partial charge in [-0.1, -0.05) is 57.7 Å². The zero-order valence-electron chi connectivity index (χ0n) is 28.5. The number of hydrogen-bond donors (Lipinski definition) is 3. The second-order valence-corrected chi connectivity index (χ2v) is 16.8. The number of fused-ring (bicyclic) bond motifs is 9. The van der Waals surface area contributed by atoms with Crippen molar-refractivity contribution >= 4 is 22.5 Å². The van der Waals surface area contributed by atoms with Crippen molar-refractivity contribution in [1.82, 2.24) is 10.3 Å². The molecule has 8 heteroatoms. The molecule has 3 N–H and O–H groups in total. The van der Waals surface area contributed by atoms with Gasteiger partial charge < -0.3 is 29.6 Å². The van der Waals surface area contributed by atoms with Crippen LogP contribution in [0.15, 0.2) is 40.9 Å². The van der Waals surface area contributed by atoms with E-state index >= 15 is 0 Å². The molecule has 7 aliphatic rings. The number of benzene rings is 1. The fourth-order valence-electron chi connectivity index (χ4n) is 11.5. The number of nitrogens with zero attached hydrogens (tertiary/aromatic N) is 1. The third kappa shape index (κ3) is 4.08. The molecule has 1 aromatic carbocycles. The average Bonchev–Trinajstić information content (AvgIpc) is 3.87. The second-order valence-electron chi connectivity index (χ2n) is 16.8. The largest absolute Gasteiger partial charge is 0.382 e. The van der Waals surface area contributed by atoms with Gasteiger partial charge >= 0.3 is 0 Å². The molecule has 1 saturated heterocycles. The molecular formula is C39H51N3O5. The Balaban J connectivity index is 1.18. The lowest BCUT2D eigenvalue weighted by Gasteiger charge is -2.67. The van der Waals surface area contributed by atoms with Crippen molar-refractivity contribution in [2.24, 2.45) is 16.3 Å². The molecule has 2 bridgehead atoms. The molecule has 1 spiro atoms. The highest BCUT2D eigenvalue weighted by atomic mass is 16.8. The van der Waals surface area contributed by atoms with Gasteiger partial charge in [-0.25, -0.2) is 0 Å². The van der Waals surface area contributed by atoms with Gasteiger partial charge in [0.05, 0.1) is 23.5 Å². The lowest BCUT2D eigenvalue weighted by molar-refractivity contribution is -0.278. The topological polar surface area (TPSA) is 105 Å². The van der Waals surface area contributed by atoms with Crippen LogP contribution >= 0.6 is 0 Å². The zero-order chi connectivity index (χ0) is 32.4. The van der Waals surface area contributed by atoms with E-state index < -0.39 is 28.5 Å². The van der Waals surface area contributed by atoms with E-state index in [0.717, 1.165) is 61.7 Å². The summed E-state index contributed by atoms with van der Waals surface area (Å²) in [6.07, 6.45) is 13.0. The Morgan fingerprint density at radius 3 is 2.60 bits per heavy atom. The van der Waals surface area contributed by atoms with Crippen LogP contribution in [0.5, 0.6) is 0 Å². The van der Waals surface area contributed by atoms with Gasteiger partial charge in [-0.2, -0.15) is 0 Å². The predicted molar refractivity (Wildman–Crippen MR) is 180 cm³/mol. The Bertz CT molecular complexity index is 1680. The van der Waals surface area contributed by atoms with Crippen molar-refractivity contribution in [1.29, 1.82) is 0 Å². The summed E-state index contributed by atoms with van der Waals surface area (Å²) in [6, 6.07) is 9.06. The van der Waals surface area contributed by atoms with Gasteiger partial charge in [-0.15, -0.1) is 0 Å². The van der Waals surface area contributed by atoms with Crippen molar-refractivity contribution in [3.63, 3.8) is 0 Å². The van der Waals surface area contributed by atoms with E-state index in [0.29, 0.717) is 19.3 Å². The highest BCUT2D eigenvalue weighted by Gasteiger charge is 2.77. The van der Waals surface area contributed by atoms with Gasteiger partial charge in [-0.3, -0.25) is 9.79 Å². The number of aliphatic imine (C=N–C) groups is 1. The molecule has 1 aromatic heterocycles. The van der Waals surface area contributed by atoms with Gasteiger partial charge in [0.2, 0.25) is 5.91 Å². The van der Waals surface area contributed by atoms with E-state index in [4.69, 9.17) is 19.2 Å². The third-order valence-corrected chi connectivity index (χ3v) is 14.0. The van der Waals surface area contributed by atoms with Crippen LogP contribution in [-0.4, -0.2) is 69.6 Å². The monoisotopic (exact) mass is 641 g/mol. The van der Waals surface area contributed by atoms with Crippen LogP contribution in [-0.2, 0) is 30.8 Å². The Kier molecular flexibility index (Phi) is 6.66. The molecule has 47 heavy (non-hydrogen) atoms. The fraction of sp³-hybridized carbons (Fsp3) is 0.692. The van der Waals surface area contributed by atoms with E-state index in [9.17, 15) is 9.90 Å². The van der Waals surface area contributed by atoms with Crippen LogP contribution in [0.25, 0.3) is 10.9 Å². The van der Waals surface area contributed by atoms with Crippen LogP contribution in [0.3, 0.4) is 0 Å². The van der Waals surface area contributed by atoms with Crippen molar-refractivity contribution in [3.05, 3.63) is 47.2 Å². The molecular weight excluding hydrogens is 590 g/mol. The number of H-pyrrole nitrogens is 1. The quantitative estimate of drug-likeness (QED) is 0.361.